The fourth-order valence-electron chi connectivity index (χ4n) is 7.65. The number of hydrogen-bond acceptors (Lipinski definition) is 5. The SMILES string of the molecule is c1ccc(-n2c3ccccc3c3ccc(-c4nc(-c5ccc6ccccc6c5)nc(-c5cc6cccnc6c6c5oc5ccccc56)n4)cc32)cc1. The molecule has 0 N–H and O–H groups in total. The molecule has 0 unspecified atom stereocenters. The van der Waals surface area contributed by atoms with Crippen LogP contribution in [0.2, 0.25) is 0 Å². The molecule has 11 rings (SSSR count). The van der Waals surface area contributed by atoms with Crippen LogP contribution in [0.25, 0.3) is 105 Å². The fourth-order valence-corrected chi connectivity index (χ4v) is 7.65. The molecule has 0 atom stereocenters. The Balaban J connectivity index is 1.21. The summed E-state index contributed by atoms with van der Waals surface area (Å²) in [6, 6.07) is 54.5. The second-order valence-electron chi connectivity index (χ2n) is 13.1. The minimum Gasteiger partial charge on any atom is -0.455 e. The number of hydrogen-bond donors (Lipinski definition) is 0. The van der Waals surface area contributed by atoms with Crippen molar-refractivity contribution in [1.82, 2.24) is 24.5 Å². The van der Waals surface area contributed by atoms with E-state index in [4.69, 9.17) is 24.4 Å². The van der Waals surface area contributed by atoms with Crippen LogP contribution >= 0.6 is 0 Å². The van der Waals surface area contributed by atoms with E-state index in [-0.39, 0.29) is 0 Å². The molecule has 52 heavy (non-hydrogen) atoms. The van der Waals surface area contributed by atoms with Crippen molar-refractivity contribution in [1.29, 1.82) is 0 Å². The molecule has 4 heterocycles. The Morgan fingerprint density at radius 1 is 0.462 bits per heavy atom. The second-order valence-corrected chi connectivity index (χ2v) is 13.1. The molecule has 242 valence electrons. The second kappa shape index (κ2) is 11.2. The Morgan fingerprint density at radius 3 is 2.02 bits per heavy atom. The van der Waals surface area contributed by atoms with Crippen LogP contribution in [-0.2, 0) is 0 Å². The Bertz CT molecular complexity index is 3200. The lowest BCUT2D eigenvalue weighted by molar-refractivity contribution is 0.669. The monoisotopic (exact) mass is 665 g/mol. The van der Waals surface area contributed by atoms with Crippen molar-refractivity contribution in [3.63, 3.8) is 0 Å². The molecular weight excluding hydrogens is 639 g/mol. The highest BCUT2D eigenvalue weighted by Gasteiger charge is 2.21. The van der Waals surface area contributed by atoms with E-state index < -0.39 is 0 Å². The van der Waals surface area contributed by atoms with Crippen molar-refractivity contribution < 1.29 is 4.42 Å². The first-order valence-corrected chi connectivity index (χ1v) is 17.3. The third-order valence-electron chi connectivity index (χ3n) is 10.0. The summed E-state index contributed by atoms with van der Waals surface area (Å²) >= 11 is 0. The van der Waals surface area contributed by atoms with Gasteiger partial charge in [-0.2, -0.15) is 0 Å². The molecule has 6 heteroatoms. The summed E-state index contributed by atoms with van der Waals surface area (Å²) in [6.45, 7) is 0. The van der Waals surface area contributed by atoms with Crippen LogP contribution < -0.4 is 0 Å². The third kappa shape index (κ3) is 4.38. The molecule has 7 aromatic carbocycles. The van der Waals surface area contributed by atoms with Crippen molar-refractivity contribution in [2.75, 3.05) is 0 Å². The van der Waals surface area contributed by atoms with E-state index in [9.17, 15) is 0 Å². The highest BCUT2D eigenvalue weighted by molar-refractivity contribution is 6.21. The summed E-state index contributed by atoms with van der Waals surface area (Å²) in [5, 5.41) is 7.58. The van der Waals surface area contributed by atoms with Crippen LogP contribution in [0.3, 0.4) is 0 Å². The Morgan fingerprint density at radius 2 is 1.13 bits per heavy atom. The molecule has 0 aliphatic heterocycles. The molecule has 0 aliphatic carbocycles. The third-order valence-corrected chi connectivity index (χ3v) is 10.0. The van der Waals surface area contributed by atoms with Gasteiger partial charge in [0.15, 0.2) is 17.5 Å². The molecule has 0 radical (unpaired) electrons. The van der Waals surface area contributed by atoms with Gasteiger partial charge in [0.25, 0.3) is 0 Å². The lowest BCUT2D eigenvalue weighted by Crippen LogP contribution is -2.01. The highest BCUT2D eigenvalue weighted by atomic mass is 16.3. The predicted molar refractivity (Wildman–Crippen MR) is 211 cm³/mol. The van der Waals surface area contributed by atoms with E-state index in [1.165, 1.54) is 10.8 Å². The fraction of sp³-hybridized carbons (Fsp3) is 0. The zero-order valence-electron chi connectivity index (χ0n) is 27.7. The van der Waals surface area contributed by atoms with Crippen molar-refractivity contribution in [2.24, 2.45) is 0 Å². The van der Waals surface area contributed by atoms with Gasteiger partial charge in [0.1, 0.15) is 11.2 Å². The molecule has 0 fully saturated rings. The van der Waals surface area contributed by atoms with E-state index >= 15 is 0 Å². The number of furan rings is 1. The number of pyridine rings is 1. The molecule has 11 aromatic rings. The summed E-state index contributed by atoms with van der Waals surface area (Å²) in [6.07, 6.45) is 1.83. The van der Waals surface area contributed by atoms with Gasteiger partial charge in [-0.15, -0.1) is 0 Å². The first kappa shape index (κ1) is 28.6. The van der Waals surface area contributed by atoms with E-state index in [1.54, 1.807) is 0 Å². The quantitative estimate of drug-likeness (QED) is 0.187. The Kier molecular flexibility index (Phi) is 6.15. The van der Waals surface area contributed by atoms with Crippen LogP contribution in [0.4, 0.5) is 0 Å². The van der Waals surface area contributed by atoms with Gasteiger partial charge in [-0.25, -0.2) is 15.0 Å². The minimum atomic E-state index is 0.534. The van der Waals surface area contributed by atoms with E-state index in [0.29, 0.717) is 23.1 Å². The van der Waals surface area contributed by atoms with Gasteiger partial charge in [-0.3, -0.25) is 4.98 Å². The topological polar surface area (TPSA) is 69.6 Å². The minimum absolute atomic E-state index is 0.534. The van der Waals surface area contributed by atoms with Crippen LogP contribution in [0.5, 0.6) is 0 Å². The molecule has 0 aliphatic rings. The number of benzene rings is 7. The molecule has 0 amide bonds. The molecular formula is C46H27N5O. The maximum Gasteiger partial charge on any atom is 0.167 e. The average molecular weight is 666 g/mol. The lowest BCUT2D eigenvalue weighted by Gasteiger charge is -2.11. The van der Waals surface area contributed by atoms with Crippen LogP contribution in [0.15, 0.2) is 168 Å². The van der Waals surface area contributed by atoms with Crippen LogP contribution in [0, 0.1) is 0 Å². The summed E-state index contributed by atoms with van der Waals surface area (Å²) < 4.78 is 8.92. The van der Waals surface area contributed by atoms with Crippen molar-refractivity contribution in [2.45, 2.75) is 0 Å². The van der Waals surface area contributed by atoms with Crippen molar-refractivity contribution in [3.8, 4) is 39.9 Å². The molecule has 0 bridgehead atoms. The molecule has 4 aromatic heterocycles. The van der Waals surface area contributed by atoms with Crippen molar-refractivity contribution in [3.05, 3.63) is 164 Å². The molecule has 0 spiro atoms. The van der Waals surface area contributed by atoms with Crippen LogP contribution in [-0.4, -0.2) is 24.5 Å². The van der Waals surface area contributed by atoms with E-state index in [1.807, 2.05) is 36.5 Å². The van der Waals surface area contributed by atoms with Gasteiger partial charge in [0.05, 0.1) is 27.5 Å². The number of aromatic nitrogens is 5. The smallest absolute Gasteiger partial charge is 0.167 e. The highest BCUT2D eigenvalue weighted by Crippen LogP contribution is 2.41. The van der Waals surface area contributed by atoms with E-state index in [2.05, 4.69) is 132 Å². The predicted octanol–water partition coefficient (Wildman–Crippen LogP) is 11.6. The summed E-state index contributed by atoms with van der Waals surface area (Å²) in [7, 11) is 0. The van der Waals surface area contributed by atoms with Gasteiger partial charge in [0.2, 0.25) is 0 Å². The zero-order valence-corrected chi connectivity index (χ0v) is 27.7. The maximum absolute atomic E-state index is 6.61. The van der Waals surface area contributed by atoms with E-state index in [0.717, 1.165) is 71.4 Å². The normalized spacial score (nSPS) is 11.8. The first-order valence-electron chi connectivity index (χ1n) is 17.3. The van der Waals surface area contributed by atoms with Gasteiger partial charge in [0, 0.05) is 44.6 Å². The number of nitrogens with zero attached hydrogens (tertiary/aromatic N) is 5. The number of para-hydroxylation sites is 3. The largest absolute Gasteiger partial charge is 0.455 e. The van der Waals surface area contributed by atoms with Crippen molar-refractivity contribution >= 4 is 65.4 Å². The van der Waals surface area contributed by atoms with Gasteiger partial charge >= 0.3 is 0 Å². The summed E-state index contributed by atoms with van der Waals surface area (Å²) in [5.41, 5.74) is 8.28. The Labute approximate surface area is 297 Å². The average Bonchev–Trinajstić information content (AvgIpc) is 3.77. The van der Waals surface area contributed by atoms with Gasteiger partial charge < -0.3 is 8.98 Å². The lowest BCUT2D eigenvalue weighted by atomic mass is 10.0. The molecule has 0 saturated carbocycles. The standard InChI is InChI=1S/C46H27N5O/c1-2-14-33(15-3-1)51-38-18-8-6-16-34(38)35-23-22-32(27-39(35)51)45-48-44(31-21-20-28-11-4-5-12-29(28)25-31)49-46(50-45)37-26-30-13-10-24-47-42(30)41-36-17-7-9-19-40(36)52-43(37)41/h1-27H. The Hall–Kier alpha value is -7.18. The maximum atomic E-state index is 6.61. The number of fused-ring (bicyclic) bond motifs is 9. The number of rotatable bonds is 4. The first-order chi connectivity index (χ1) is 25.8. The summed E-state index contributed by atoms with van der Waals surface area (Å²) in [5.74, 6) is 1.70. The molecule has 6 nitrogen and oxygen atoms in total. The van der Waals surface area contributed by atoms with Gasteiger partial charge in [-0.1, -0.05) is 109 Å². The molecule has 0 saturated heterocycles. The zero-order chi connectivity index (χ0) is 34.2. The van der Waals surface area contributed by atoms with Gasteiger partial charge in [-0.05, 0) is 59.3 Å². The summed E-state index contributed by atoms with van der Waals surface area (Å²) in [4.78, 5) is 20.4. The van der Waals surface area contributed by atoms with Crippen LogP contribution in [0.1, 0.15) is 0 Å².